The molecule has 0 aliphatic rings. The molecule has 0 saturated carbocycles. The molecule has 0 aromatic carbocycles. The number of anilines is 1. The summed E-state index contributed by atoms with van der Waals surface area (Å²) < 4.78 is 4.53. The molecule has 0 saturated heterocycles. The summed E-state index contributed by atoms with van der Waals surface area (Å²) in [5, 5.41) is 6.03. The average Bonchev–Trinajstić information content (AvgIpc) is 2.55. The first-order chi connectivity index (χ1) is 5.74. The number of hydrogen-bond donors (Lipinski definition) is 1. The van der Waals surface area contributed by atoms with E-state index in [-0.39, 0.29) is 11.8 Å². The summed E-state index contributed by atoms with van der Waals surface area (Å²) in [6.07, 6.45) is 2.79. The van der Waals surface area contributed by atoms with Gasteiger partial charge < -0.3 is 9.84 Å². The maximum atomic E-state index is 11.2. The highest BCUT2D eigenvalue weighted by Crippen LogP contribution is 2.07. The molecule has 1 atom stereocenters. The fourth-order valence-electron chi connectivity index (χ4n) is 0.602. The smallest absolute Gasteiger partial charge is 0.228 e. The number of rotatable bonds is 3. The van der Waals surface area contributed by atoms with Crippen LogP contribution < -0.4 is 5.32 Å². The van der Waals surface area contributed by atoms with Gasteiger partial charge in [0.25, 0.3) is 0 Å². The Kier molecular flexibility index (Phi) is 3.10. The van der Waals surface area contributed by atoms with Gasteiger partial charge in [-0.05, 0) is 0 Å². The summed E-state index contributed by atoms with van der Waals surface area (Å²) in [4.78, 5) is 11.2. The molecule has 12 heavy (non-hydrogen) atoms. The molecule has 0 radical (unpaired) electrons. The van der Waals surface area contributed by atoms with Crippen molar-refractivity contribution in [2.75, 3.05) is 11.2 Å². The van der Waals surface area contributed by atoms with Gasteiger partial charge in [-0.2, -0.15) is 0 Å². The van der Waals surface area contributed by atoms with Crippen molar-refractivity contribution in [2.45, 2.75) is 6.92 Å². The van der Waals surface area contributed by atoms with Crippen LogP contribution in [0.4, 0.5) is 5.69 Å². The van der Waals surface area contributed by atoms with E-state index in [1.54, 1.807) is 6.92 Å². The van der Waals surface area contributed by atoms with Gasteiger partial charge in [0.1, 0.15) is 12.0 Å². The van der Waals surface area contributed by atoms with Crippen molar-refractivity contribution in [3.05, 3.63) is 12.5 Å². The Labute approximate surface area is 74.9 Å². The highest BCUT2D eigenvalue weighted by molar-refractivity contribution is 6.19. The van der Waals surface area contributed by atoms with Gasteiger partial charge in [0.05, 0.1) is 6.20 Å². The van der Waals surface area contributed by atoms with E-state index in [2.05, 4.69) is 15.0 Å². The molecule has 5 heteroatoms. The summed E-state index contributed by atoms with van der Waals surface area (Å²) in [6.45, 7) is 1.75. The summed E-state index contributed by atoms with van der Waals surface area (Å²) in [6, 6.07) is 0. The molecule has 1 aromatic rings. The third-order valence-corrected chi connectivity index (χ3v) is 1.84. The van der Waals surface area contributed by atoms with Crippen LogP contribution in [0.3, 0.4) is 0 Å². The largest absolute Gasteiger partial charge is 0.363 e. The van der Waals surface area contributed by atoms with E-state index in [0.29, 0.717) is 11.6 Å². The van der Waals surface area contributed by atoms with Crippen molar-refractivity contribution in [3.8, 4) is 0 Å². The Hall–Kier alpha value is -1.03. The second-order valence-electron chi connectivity index (χ2n) is 2.46. The van der Waals surface area contributed by atoms with E-state index >= 15 is 0 Å². The minimum atomic E-state index is -0.207. The lowest BCUT2D eigenvalue weighted by Crippen LogP contribution is -2.21. The molecular weight excluding hydrogens is 180 g/mol. The second kappa shape index (κ2) is 4.11. The van der Waals surface area contributed by atoms with E-state index in [9.17, 15) is 4.79 Å². The standard InChI is InChI=1S/C7H9ClN2O2/c1-5(2-8)7(11)10-6-3-9-12-4-6/h3-5H,2H2,1H3,(H,10,11). The zero-order valence-corrected chi connectivity index (χ0v) is 7.34. The lowest BCUT2D eigenvalue weighted by molar-refractivity contribution is -0.118. The van der Waals surface area contributed by atoms with Crippen LogP contribution in [-0.2, 0) is 4.79 Å². The molecule has 66 valence electrons. The maximum Gasteiger partial charge on any atom is 0.228 e. The Morgan fingerprint density at radius 2 is 2.67 bits per heavy atom. The first-order valence-electron chi connectivity index (χ1n) is 3.50. The molecule has 0 aliphatic carbocycles. The highest BCUT2D eigenvalue weighted by Gasteiger charge is 2.11. The van der Waals surface area contributed by atoms with Gasteiger partial charge in [-0.25, -0.2) is 0 Å². The molecule has 1 amide bonds. The van der Waals surface area contributed by atoms with Gasteiger partial charge in [-0.1, -0.05) is 12.1 Å². The third-order valence-electron chi connectivity index (χ3n) is 1.38. The Bertz CT molecular complexity index is 248. The number of alkyl halides is 1. The SMILES string of the molecule is CC(CCl)C(=O)Nc1cnoc1. The molecule has 0 spiro atoms. The summed E-state index contributed by atoms with van der Waals surface area (Å²) in [7, 11) is 0. The van der Waals surface area contributed by atoms with Crippen molar-refractivity contribution < 1.29 is 9.32 Å². The Morgan fingerprint density at radius 3 is 3.17 bits per heavy atom. The summed E-state index contributed by atoms with van der Waals surface area (Å²) in [5.74, 6) is -0.0355. The zero-order valence-electron chi connectivity index (χ0n) is 6.58. The van der Waals surface area contributed by atoms with Gasteiger partial charge >= 0.3 is 0 Å². The van der Waals surface area contributed by atoms with Crippen LogP contribution in [-0.4, -0.2) is 16.9 Å². The van der Waals surface area contributed by atoms with Crippen LogP contribution in [0.15, 0.2) is 17.0 Å². The van der Waals surface area contributed by atoms with Crippen molar-refractivity contribution in [2.24, 2.45) is 5.92 Å². The van der Waals surface area contributed by atoms with Crippen LogP contribution in [0.1, 0.15) is 6.92 Å². The normalized spacial score (nSPS) is 12.5. The first-order valence-corrected chi connectivity index (χ1v) is 4.03. The second-order valence-corrected chi connectivity index (χ2v) is 2.77. The molecule has 1 heterocycles. The fraction of sp³-hybridized carbons (Fsp3) is 0.429. The lowest BCUT2D eigenvalue weighted by Gasteiger charge is -2.05. The lowest BCUT2D eigenvalue weighted by atomic mass is 10.2. The minimum absolute atomic E-state index is 0.131. The van der Waals surface area contributed by atoms with Crippen molar-refractivity contribution in [1.82, 2.24) is 5.16 Å². The van der Waals surface area contributed by atoms with E-state index in [1.807, 2.05) is 0 Å². The number of carbonyl (C=O) groups is 1. The molecule has 1 N–H and O–H groups in total. The topological polar surface area (TPSA) is 55.1 Å². The van der Waals surface area contributed by atoms with Crippen molar-refractivity contribution in [3.63, 3.8) is 0 Å². The van der Waals surface area contributed by atoms with E-state index in [0.717, 1.165) is 0 Å². The van der Waals surface area contributed by atoms with Crippen LogP contribution >= 0.6 is 11.6 Å². The number of nitrogens with one attached hydrogen (secondary N) is 1. The monoisotopic (exact) mass is 188 g/mol. The van der Waals surface area contributed by atoms with E-state index in [4.69, 9.17) is 11.6 Å². The predicted molar refractivity (Wildman–Crippen MR) is 45.0 cm³/mol. The number of carbonyl (C=O) groups excluding carboxylic acids is 1. The van der Waals surface area contributed by atoms with Gasteiger partial charge in [0.15, 0.2) is 0 Å². The number of nitrogens with zero attached hydrogens (tertiary/aromatic N) is 1. The van der Waals surface area contributed by atoms with E-state index in [1.165, 1.54) is 12.5 Å². The molecule has 0 fully saturated rings. The van der Waals surface area contributed by atoms with E-state index < -0.39 is 0 Å². The molecule has 1 unspecified atom stereocenters. The minimum Gasteiger partial charge on any atom is -0.363 e. The molecule has 4 nitrogen and oxygen atoms in total. The Morgan fingerprint density at radius 1 is 1.92 bits per heavy atom. The molecule has 1 aromatic heterocycles. The fourth-order valence-corrected chi connectivity index (χ4v) is 0.742. The van der Waals surface area contributed by atoms with Gasteiger partial charge in [0.2, 0.25) is 5.91 Å². The third kappa shape index (κ3) is 2.23. The summed E-state index contributed by atoms with van der Waals surface area (Å²) >= 11 is 5.49. The number of halogens is 1. The van der Waals surface area contributed by atoms with Crippen LogP contribution in [0.25, 0.3) is 0 Å². The van der Waals surface area contributed by atoms with Crippen LogP contribution in [0.2, 0.25) is 0 Å². The van der Waals surface area contributed by atoms with Crippen LogP contribution in [0.5, 0.6) is 0 Å². The quantitative estimate of drug-likeness (QED) is 0.732. The maximum absolute atomic E-state index is 11.2. The number of hydrogen-bond acceptors (Lipinski definition) is 3. The average molecular weight is 189 g/mol. The van der Waals surface area contributed by atoms with Gasteiger partial charge in [-0.15, -0.1) is 11.6 Å². The zero-order chi connectivity index (χ0) is 8.97. The van der Waals surface area contributed by atoms with Crippen LogP contribution in [0, 0.1) is 5.92 Å². The van der Waals surface area contributed by atoms with Gasteiger partial charge in [0, 0.05) is 11.8 Å². The number of aromatic nitrogens is 1. The Balaban J connectivity index is 2.47. The van der Waals surface area contributed by atoms with Crippen molar-refractivity contribution in [1.29, 1.82) is 0 Å². The number of amides is 1. The summed E-state index contributed by atoms with van der Waals surface area (Å²) in [5.41, 5.74) is 0.553. The van der Waals surface area contributed by atoms with Gasteiger partial charge in [-0.3, -0.25) is 4.79 Å². The molecule has 0 bridgehead atoms. The highest BCUT2D eigenvalue weighted by atomic mass is 35.5. The predicted octanol–water partition coefficient (Wildman–Crippen LogP) is 1.49. The molecular formula is C7H9ClN2O2. The molecule has 0 aliphatic heterocycles. The molecule has 1 rings (SSSR count). The van der Waals surface area contributed by atoms with Crippen molar-refractivity contribution >= 4 is 23.2 Å². The first kappa shape index (κ1) is 9.06.